The minimum Gasteiger partial charge on any atom is -0.341 e. The first-order chi connectivity index (χ1) is 13.8. The molecule has 2 aliphatic rings. The maximum Gasteiger partial charge on any atom is 0.239 e. The van der Waals surface area contributed by atoms with E-state index >= 15 is 0 Å². The standard InChI is InChI=1S/C23H26N4O/c28-22(19-9-6-13-24-19)26-15-11-23(12-16-26,18-7-2-1-3-8-18)20-17-27-14-5-4-10-21(27)25-20/h1-5,7-8,10,14,17,19,24H,6,9,11-13,15-16H2/t19-/m0/s1. The van der Waals surface area contributed by atoms with Gasteiger partial charge in [-0.15, -0.1) is 0 Å². The Kier molecular flexibility index (Phi) is 4.40. The molecule has 4 heterocycles. The number of benzene rings is 1. The molecule has 0 spiro atoms. The third kappa shape index (κ3) is 2.90. The number of nitrogens with zero attached hydrogens (tertiary/aromatic N) is 3. The highest BCUT2D eigenvalue weighted by Crippen LogP contribution is 2.41. The summed E-state index contributed by atoms with van der Waals surface area (Å²) >= 11 is 0. The molecule has 1 N–H and O–H groups in total. The lowest BCUT2D eigenvalue weighted by Gasteiger charge is -2.42. The van der Waals surface area contributed by atoms with E-state index in [4.69, 9.17) is 4.98 Å². The number of hydrogen-bond acceptors (Lipinski definition) is 3. The Morgan fingerprint density at radius 2 is 1.86 bits per heavy atom. The molecule has 0 bridgehead atoms. The fourth-order valence-electron chi connectivity index (χ4n) is 4.84. The normalized spacial score (nSPS) is 21.9. The second-order valence-corrected chi connectivity index (χ2v) is 8.01. The average molecular weight is 374 g/mol. The van der Waals surface area contributed by atoms with E-state index in [1.807, 2.05) is 18.2 Å². The number of nitrogens with one attached hydrogen (secondary N) is 1. The Morgan fingerprint density at radius 3 is 2.57 bits per heavy atom. The van der Waals surface area contributed by atoms with Crippen LogP contribution in [0.1, 0.15) is 36.9 Å². The molecule has 3 aromatic rings. The number of likely N-dealkylation sites (tertiary alicyclic amines) is 1. The average Bonchev–Trinajstić information content (AvgIpc) is 3.44. The van der Waals surface area contributed by atoms with Gasteiger partial charge in [0.1, 0.15) is 5.65 Å². The Bertz CT molecular complexity index is 933. The summed E-state index contributed by atoms with van der Waals surface area (Å²) in [6.45, 7) is 2.51. The molecule has 0 saturated carbocycles. The van der Waals surface area contributed by atoms with Crippen LogP contribution >= 0.6 is 0 Å². The topological polar surface area (TPSA) is 49.6 Å². The molecule has 5 heteroatoms. The highest BCUT2D eigenvalue weighted by molar-refractivity contribution is 5.82. The van der Waals surface area contributed by atoms with Gasteiger partial charge in [-0.2, -0.15) is 0 Å². The van der Waals surface area contributed by atoms with E-state index in [0.717, 1.165) is 56.7 Å². The van der Waals surface area contributed by atoms with Gasteiger partial charge < -0.3 is 14.6 Å². The van der Waals surface area contributed by atoms with E-state index in [1.54, 1.807) is 0 Å². The summed E-state index contributed by atoms with van der Waals surface area (Å²) in [4.78, 5) is 19.9. The lowest BCUT2D eigenvalue weighted by Crippen LogP contribution is -2.50. The van der Waals surface area contributed by atoms with Crippen molar-refractivity contribution < 1.29 is 4.79 Å². The second kappa shape index (κ2) is 7.06. The van der Waals surface area contributed by atoms with Gasteiger partial charge in [-0.3, -0.25) is 4.79 Å². The van der Waals surface area contributed by atoms with Crippen LogP contribution in [0.4, 0.5) is 0 Å². The van der Waals surface area contributed by atoms with Gasteiger partial charge in [-0.05, 0) is 49.9 Å². The number of imidazole rings is 1. The molecule has 5 nitrogen and oxygen atoms in total. The van der Waals surface area contributed by atoms with E-state index in [1.165, 1.54) is 5.56 Å². The van der Waals surface area contributed by atoms with Gasteiger partial charge in [0, 0.05) is 30.9 Å². The summed E-state index contributed by atoms with van der Waals surface area (Å²) in [6, 6.07) is 16.8. The predicted octanol–water partition coefficient (Wildman–Crippen LogP) is 2.99. The number of aromatic nitrogens is 2. The molecule has 1 amide bonds. The van der Waals surface area contributed by atoms with Crippen molar-refractivity contribution in [3.8, 4) is 0 Å². The van der Waals surface area contributed by atoms with Crippen molar-refractivity contribution >= 4 is 11.6 Å². The zero-order chi connectivity index (χ0) is 19.0. The largest absolute Gasteiger partial charge is 0.341 e. The van der Waals surface area contributed by atoms with E-state index in [2.05, 4.69) is 57.3 Å². The van der Waals surface area contributed by atoms with Crippen molar-refractivity contribution in [1.29, 1.82) is 0 Å². The minimum atomic E-state index is -0.146. The lowest BCUT2D eigenvalue weighted by atomic mass is 9.70. The molecule has 2 aliphatic heterocycles. The van der Waals surface area contributed by atoms with E-state index < -0.39 is 0 Å². The van der Waals surface area contributed by atoms with Crippen LogP contribution < -0.4 is 5.32 Å². The predicted molar refractivity (Wildman–Crippen MR) is 109 cm³/mol. The van der Waals surface area contributed by atoms with E-state index in [-0.39, 0.29) is 17.4 Å². The van der Waals surface area contributed by atoms with Crippen molar-refractivity contribution in [3.63, 3.8) is 0 Å². The molecule has 0 unspecified atom stereocenters. The van der Waals surface area contributed by atoms with Crippen LogP contribution in [-0.4, -0.2) is 45.9 Å². The Hall–Kier alpha value is -2.66. The molecule has 0 aliphatic carbocycles. The second-order valence-electron chi connectivity index (χ2n) is 8.01. The van der Waals surface area contributed by atoms with Gasteiger partial charge >= 0.3 is 0 Å². The van der Waals surface area contributed by atoms with Crippen molar-refractivity contribution in [1.82, 2.24) is 19.6 Å². The summed E-state index contributed by atoms with van der Waals surface area (Å²) in [5, 5.41) is 3.35. The van der Waals surface area contributed by atoms with Crippen molar-refractivity contribution in [2.24, 2.45) is 0 Å². The van der Waals surface area contributed by atoms with Gasteiger partial charge in [0.05, 0.1) is 11.7 Å². The number of pyridine rings is 1. The molecular weight excluding hydrogens is 348 g/mol. The van der Waals surface area contributed by atoms with Crippen LogP contribution in [0.15, 0.2) is 60.9 Å². The van der Waals surface area contributed by atoms with Gasteiger partial charge in [-0.25, -0.2) is 4.98 Å². The number of fused-ring (bicyclic) bond motifs is 1. The molecule has 5 rings (SSSR count). The van der Waals surface area contributed by atoms with Crippen LogP contribution in [0.3, 0.4) is 0 Å². The number of carbonyl (C=O) groups excluding carboxylic acids is 1. The summed E-state index contributed by atoms with van der Waals surface area (Å²) in [7, 11) is 0. The van der Waals surface area contributed by atoms with Crippen molar-refractivity contribution in [2.45, 2.75) is 37.1 Å². The molecule has 1 atom stereocenters. The zero-order valence-electron chi connectivity index (χ0n) is 16.1. The van der Waals surface area contributed by atoms with Gasteiger partial charge in [-0.1, -0.05) is 36.4 Å². The van der Waals surface area contributed by atoms with E-state index in [0.29, 0.717) is 0 Å². The number of hydrogen-bond donors (Lipinski definition) is 1. The number of amides is 1. The monoisotopic (exact) mass is 374 g/mol. The fourth-order valence-corrected chi connectivity index (χ4v) is 4.84. The highest BCUT2D eigenvalue weighted by Gasteiger charge is 2.41. The van der Waals surface area contributed by atoms with Crippen LogP contribution in [0.5, 0.6) is 0 Å². The van der Waals surface area contributed by atoms with Crippen molar-refractivity contribution in [2.75, 3.05) is 19.6 Å². The Balaban J connectivity index is 1.48. The van der Waals surface area contributed by atoms with Crippen LogP contribution in [-0.2, 0) is 10.2 Å². The molecule has 0 radical (unpaired) electrons. The van der Waals surface area contributed by atoms with Gasteiger partial charge in [0.15, 0.2) is 0 Å². The first-order valence-corrected chi connectivity index (χ1v) is 10.3. The maximum absolute atomic E-state index is 12.9. The first kappa shape index (κ1) is 17.4. The summed E-state index contributed by atoms with van der Waals surface area (Å²) in [5.74, 6) is 0.272. The summed E-state index contributed by atoms with van der Waals surface area (Å²) in [5.41, 5.74) is 3.23. The molecule has 144 valence electrons. The summed E-state index contributed by atoms with van der Waals surface area (Å²) in [6.07, 6.45) is 8.08. The number of rotatable bonds is 3. The van der Waals surface area contributed by atoms with E-state index in [9.17, 15) is 4.79 Å². The first-order valence-electron chi connectivity index (χ1n) is 10.3. The Labute approximate surface area is 165 Å². The summed E-state index contributed by atoms with van der Waals surface area (Å²) < 4.78 is 2.10. The highest BCUT2D eigenvalue weighted by atomic mass is 16.2. The molecule has 28 heavy (non-hydrogen) atoms. The number of piperidine rings is 1. The minimum absolute atomic E-state index is 0.0134. The maximum atomic E-state index is 12.9. The molecule has 2 aromatic heterocycles. The molecule has 2 fully saturated rings. The smallest absolute Gasteiger partial charge is 0.239 e. The SMILES string of the molecule is O=C([C@@H]1CCCN1)N1CCC(c2ccccc2)(c2cn3ccccc3n2)CC1. The molecule has 2 saturated heterocycles. The fraction of sp³-hybridized carbons (Fsp3) is 0.391. The molecule has 1 aromatic carbocycles. The quantitative estimate of drug-likeness (QED) is 0.767. The van der Waals surface area contributed by atoms with Crippen LogP contribution in [0.25, 0.3) is 5.65 Å². The lowest BCUT2D eigenvalue weighted by molar-refractivity contribution is -0.134. The van der Waals surface area contributed by atoms with Crippen molar-refractivity contribution in [3.05, 3.63) is 72.2 Å². The zero-order valence-corrected chi connectivity index (χ0v) is 16.1. The molecular formula is C23H26N4O. The van der Waals surface area contributed by atoms with Crippen LogP contribution in [0, 0.1) is 0 Å². The Morgan fingerprint density at radius 1 is 1.07 bits per heavy atom. The third-order valence-electron chi connectivity index (χ3n) is 6.47. The third-order valence-corrected chi connectivity index (χ3v) is 6.47. The number of carbonyl (C=O) groups is 1. The van der Waals surface area contributed by atoms with Gasteiger partial charge in [0.2, 0.25) is 5.91 Å². The van der Waals surface area contributed by atoms with Gasteiger partial charge in [0.25, 0.3) is 0 Å². The van der Waals surface area contributed by atoms with Crippen LogP contribution in [0.2, 0.25) is 0 Å².